The highest BCUT2D eigenvalue weighted by Crippen LogP contribution is 2.27. The van der Waals surface area contributed by atoms with E-state index in [9.17, 15) is 4.79 Å². The summed E-state index contributed by atoms with van der Waals surface area (Å²) in [7, 11) is 0. The van der Waals surface area contributed by atoms with Crippen LogP contribution in [0.4, 0.5) is 4.79 Å². The van der Waals surface area contributed by atoms with Crippen molar-refractivity contribution in [2.24, 2.45) is 0 Å². The number of urea groups is 1. The van der Waals surface area contributed by atoms with E-state index in [1.165, 1.54) is 19.3 Å². The maximum Gasteiger partial charge on any atom is 0.315 e. The van der Waals surface area contributed by atoms with Gasteiger partial charge in [-0.3, -0.25) is 0 Å². The van der Waals surface area contributed by atoms with Gasteiger partial charge in [0.1, 0.15) is 0 Å². The SMILES string of the molecule is CS[C@@H]1CC[C@H](NC(=O)NCC[C@H]2CCCCO2)C1. The van der Waals surface area contributed by atoms with Gasteiger partial charge < -0.3 is 15.4 Å². The molecule has 0 aromatic carbocycles. The summed E-state index contributed by atoms with van der Waals surface area (Å²) in [4.78, 5) is 11.8. The fourth-order valence-corrected chi connectivity index (χ4v) is 3.70. The number of thioether (sulfide) groups is 1. The first kappa shape index (κ1) is 15.0. The average molecular weight is 286 g/mol. The van der Waals surface area contributed by atoms with Crippen LogP contribution in [0.15, 0.2) is 0 Å². The second-order valence-corrected chi connectivity index (χ2v) is 6.68. The van der Waals surface area contributed by atoms with Crippen LogP contribution in [0.1, 0.15) is 44.9 Å². The van der Waals surface area contributed by atoms with Gasteiger partial charge >= 0.3 is 6.03 Å². The van der Waals surface area contributed by atoms with Crippen LogP contribution in [0, 0.1) is 0 Å². The predicted octanol–water partition coefficient (Wildman–Crippen LogP) is 2.53. The molecule has 2 aliphatic rings. The summed E-state index contributed by atoms with van der Waals surface area (Å²) in [5.74, 6) is 0. The molecule has 0 spiro atoms. The van der Waals surface area contributed by atoms with E-state index in [4.69, 9.17) is 4.74 Å². The Hall–Kier alpha value is -0.420. The average Bonchev–Trinajstić information content (AvgIpc) is 2.87. The number of amides is 2. The summed E-state index contributed by atoms with van der Waals surface area (Å²) < 4.78 is 5.65. The molecule has 2 fully saturated rings. The third-order valence-electron chi connectivity index (χ3n) is 4.08. The van der Waals surface area contributed by atoms with Gasteiger partial charge in [-0.05, 0) is 51.2 Å². The Morgan fingerprint density at radius 1 is 1.32 bits per heavy atom. The normalized spacial score (nSPS) is 31.1. The number of nitrogens with one attached hydrogen (secondary N) is 2. The molecule has 0 bridgehead atoms. The van der Waals surface area contributed by atoms with Crippen molar-refractivity contribution in [1.29, 1.82) is 0 Å². The maximum absolute atomic E-state index is 11.8. The molecular weight excluding hydrogens is 260 g/mol. The number of hydrogen-bond donors (Lipinski definition) is 2. The molecule has 0 aromatic rings. The van der Waals surface area contributed by atoms with E-state index in [2.05, 4.69) is 16.9 Å². The van der Waals surface area contributed by atoms with Crippen LogP contribution in [0.25, 0.3) is 0 Å². The van der Waals surface area contributed by atoms with Gasteiger partial charge in [-0.15, -0.1) is 0 Å². The minimum absolute atomic E-state index is 0.0115. The standard InChI is InChI=1S/C14H26N2O2S/c1-19-13-6-5-11(10-13)16-14(17)15-8-7-12-4-2-3-9-18-12/h11-13H,2-10H2,1H3,(H2,15,16,17)/t11-,12+,13+/m0/s1. The predicted molar refractivity (Wildman–Crippen MR) is 79.7 cm³/mol. The Morgan fingerprint density at radius 3 is 2.89 bits per heavy atom. The van der Waals surface area contributed by atoms with Gasteiger partial charge in [0.05, 0.1) is 6.10 Å². The van der Waals surface area contributed by atoms with Gasteiger partial charge in [-0.25, -0.2) is 4.79 Å². The third-order valence-corrected chi connectivity index (χ3v) is 5.17. The monoisotopic (exact) mass is 286 g/mol. The second kappa shape index (κ2) is 8.00. The minimum Gasteiger partial charge on any atom is -0.378 e. The van der Waals surface area contributed by atoms with Crippen molar-refractivity contribution in [3.8, 4) is 0 Å². The van der Waals surface area contributed by atoms with Crippen molar-refractivity contribution >= 4 is 17.8 Å². The number of rotatable bonds is 5. The Balaban J connectivity index is 1.54. The highest BCUT2D eigenvalue weighted by Gasteiger charge is 2.25. The topological polar surface area (TPSA) is 50.4 Å². The Bertz CT molecular complexity index is 283. The van der Waals surface area contributed by atoms with Crippen LogP contribution >= 0.6 is 11.8 Å². The fourth-order valence-electron chi connectivity index (χ4n) is 2.90. The molecule has 0 aromatic heterocycles. The third kappa shape index (κ3) is 5.22. The first-order valence-electron chi connectivity index (χ1n) is 7.46. The van der Waals surface area contributed by atoms with Crippen molar-refractivity contribution < 1.29 is 9.53 Å². The lowest BCUT2D eigenvalue weighted by molar-refractivity contribution is 0.0120. The smallest absolute Gasteiger partial charge is 0.315 e. The lowest BCUT2D eigenvalue weighted by atomic mass is 10.1. The van der Waals surface area contributed by atoms with Gasteiger partial charge in [0.2, 0.25) is 0 Å². The molecule has 1 saturated heterocycles. The fraction of sp³-hybridized carbons (Fsp3) is 0.929. The number of carbonyl (C=O) groups excluding carboxylic acids is 1. The van der Waals surface area contributed by atoms with E-state index in [0.29, 0.717) is 12.1 Å². The summed E-state index contributed by atoms with van der Waals surface area (Å²) in [6.45, 7) is 1.60. The van der Waals surface area contributed by atoms with Crippen molar-refractivity contribution in [1.82, 2.24) is 10.6 Å². The van der Waals surface area contributed by atoms with Gasteiger partial charge in [0.25, 0.3) is 0 Å². The first-order chi connectivity index (χ1) is 9.28. The van der Waals surface area contributed by atoms with Gasteiger partial charge in [-0.1, -0.05) is 0 Å². The summed E-state index contributed by atoms with van der Waals surface area (Å²) in [6.07, 6.45) is 10.5. The zero-order chi connectivity index (χ0) is 13.5. The number of carbonyl (C=O) groups is 1. The largest absolute Gasteiger partial charge is 0.378 e. The Labute approximate surface area is 120 Å². The van der Waals surface area contributed by atoms with Crippen LogP contribution < -0.4 is 10.6 Å². The van der Waals surface area contributed by atoms with Crippen LogP contribution in [0.2, 0.25) is 0 Å². The molecule has 19 heavy (non-hydrogen) atoms. The Kier molecular flexibility index (Phi) is 6.31. The van der Waals surface area contributed by atoms with Crippen LogP contribution in [0.5, 0.6) is 0 Å². The van der Waals surface area contributed by atoms with Crippen molar-refractivity contribution in [2.75, 3.05) is 19.4 Å². The molecular formula is C14H26N2O2S. The molecule has 0 radical (unpaired) electrons. The number of ether oxygens (including phenoxy) is 1. The van der Waals surface area contributed by atoms with Crippen LogP contribution in [0.3, 0.4) is 0 Å². The first-order valence-corrected chi connectivity index (χ1v) is 8.75. The second-order valence-electron chi connectivity index (χ2n) is 5.55. The molecule has 2 rings (SSSR count). The molecule has 1 aliphatic carbocycles. The zero-order valence-electron chi connectivity index (χ0n) is 11.8. The summed E-state index contributed by atoms with van der Waals surface area (Å²) in [6, 6.07) is 0.353. The summed E-state index contributed by atoms with van der Waals surface area (Å²) in [5.41, 5.74) is 0. The highest BCUT2D eigenvalue weighted by molar-refractivity contribution is 7.99. The molecule has 0 unspecified atom stereocenters. The molecule has 1 saturated carbocycles. The molecule has 5 heteroatoms. The Morgan fingerprint density at radius 2 is 2.21 bits per heavy atom. The lowest BCUT2D eigenvalue weighted by Gasteiger charge is -2.22. The van der Waals surface area contributed by atoms with Crippen molar-refractivity contribution in [3.63, 3.8) is 0 Å². The van der Waals surface area contributed by atoms with E-state index in [1.54, 1.807) is 0 Å². The molecule has 2 amide bonds. The quantitative estimate of drug-likeness (QED) is 0.816. The van der Waals surface area contributed by atoms with Crippen LogP contribution in [-0.4, -0.2) is 42.8 Å². The van der Waals surface area contributed by atoms with E-state index in [1.807, 2.05) is 11.8 Å². The lowest BCUT2D eigenvalue weighted by Crippen LogP contribution is -2.42. The van der Waals surface area contributed by atoms with Gasteiger partial charge in [0.15, 0.2) is 0 Å². The van der Waals surface area contributed by atoms with E-state index < -0.39 is 0 Å². The van der Waals surface area contributed by atoms with Gasteiger partial charge in [0, 0.05) is 24.4 Å². The van der Waals surface area contributed by atoms with Gasteiger partial charge in [-0.2, -0.15) is 11.8 Å². The number of hydrogen-bond acceptors (Lipinski definition) is 3. The zero-order valence-corrected chi connectivity index (χ0v) is 12.6. The molecule has 3 atom stereocenters. The van der Waals surface area contributed by atoms with E-state index in [0.717, 1.165) is 44.1 Å². The molecule has 4 nitrogen and oxygen atoms in total. The summed E-state index contributed by atoms with van der Waals surface area (Å²) in [5, 5.41) is 6.75. The van der Waals surface area contributed by atoms with E-state index >= 15 is 0 Å². The highest BCUT2D eigenvalue weighted by atomic mass is 32.2. The summed E-state index contributed by atoms with van der Waals surface area (Å²) >= 11 is 1.91. The van der Waals surface area contributed by atoms with E-state index in [-0.39, 0.29) is 6.03 Å². The minimum atomic E-state index is -0.0115. The van der Waals surface area contributed by atoms with Crippen molar-refractivity contribution in [2.45, 2.75) is 62.3 Å². The van der Waals surface area contributed by atoms with Crippen LogP contribution in [-0.2, 0) is 4.74 Å². The molecule has 1 aliphatic heterocycles. The maximum atomic E-state index is 11.8. The van der Waals surface area contributed by atoms with Crippen molar-refractivity contribution in [3.05, 3.63) is 0 Å². The molecule has 1 heterocycles. The molecule has 2 N–H and O–H groups in total. The molecule has 110 valence electrons.